The van der Waals surface area contributed by atoms with Crippen LogP contribution in [0.1, 0.15) is 24.8 Å². The van der Waals surface area contributed by atoms with Crippen LogP contribution in [0.15, 0.2) is 24.3 Å². The maximum Gasteiger partial charge on any atom is 0.115 e. The number of phenols is 1. The summed E-state index contributed by atoms with van der Waals surface area (Å²) in [5.74, 6) is 0.346. The number of hydrogen-bond acceptors (Lipinski definition) is 4. The summed E-state index contributed by atoms with van der Waals surface area (Å²) in [6.07, 6.45) is 2.82. The second-order valence-electron chi connectivity index (χ2n) is 5.40. The molecule has 1 aromatic rings. The Hall–Kier alpha value is -1.57. The summed E-state index contributed by atoms with van der Waals surface area (Å²) in [5, 5.41) is 18.0. The molecule has 0 saturated carbocycles. The lowest BCUT2D eigenvalue weighted by molar-refractivity contribution is 0.125. The Morgan fingerprint density at radius 3 is 2.55 bits per heavy atom. The SMILES string of the molecule is N#CCCCCN1CCN(Cc2cccc(O)c2)CC1. The van der Waals surface area contributed by atoms with Gasteiger partial charge in [-0.3, -0.25) is 4.90 Å². The quantitative estimate of drug-likeness (QED) is 0.807. The number of benzene rings is 1. The first-order valence-electron chi connectivity index (χ1n) is 7.37. The van der Waals surface area contributed by atoms with Crippen molar-refractivity contribution < 1.29 is 5.11 Å². The third kappa shape index (κ3) is 4.84. The van der Waals surface area contributed by atoms with Crippen LogP contribution in [0.5, 0.6) is 5.75 Å². The fourth-order valence-electron chi connectivity index (χ4n) is 2.62. The van der Waals surface area contributed by atoms with E-state index in [1.165, 1.54) is 5.56 Å². The van der Waals surface area contributed by atoms with Gasteiger partial charge in [0.15, 0.2) is 0 Å². The molecule has 1 N–H and O–H groups in total. The standard InChI is InChI=1S/C16H23N3O/c17-7-2-1-3-8-18-9-11-19(12-10-18)14-15-5-4-6-16(20)13-15/h4-6,13,20H,1-3,8-12,14H2. The molecule has 0 radical (unpaired) electrons. The van der Waals surface area contributed by atoms with E-state index in [4.69, 9.17) is 5.26 Å². The first-order chi connectivity index (χ1) is 9.78. The summed E-state index contributed by atoms with van der Waals surface area (Å²) in [6.45, 7) is 6.39. The summed E-state index contributed by atoms with van der Waals surface area (Å²) in [5.41, 5.74) is 1.17. The molecule has 1 fully saturated rings. The number of nitriles is 1. The zero-order chi connectivity index (χ0) is 14.2. The fraction of sp³-hybridized carbons (Fsp3) is 0.562. The molecule has 0 bridgehead atoms. The maximum absolute atomic E-state index is 9.48. The van der Waals surface area contributed by atoms with E-state index in [1.54, 1.807) is 6.07 Å². The Bertz CT molecular complexity index is 447. The minimum absolute atomic E-state index is 0.346. The number of unbranched alkanes of at least 4 members (excludes halogenated alkanes) is 2. The topological polar surface area (TPSA) is 50.5 Å². The van der Waals surface area contributed by atoms with Crippen molar-refractivity contribution >= 4 is 0 Å². The monoisotopic (exact) mass is 273 g/mol. The number of phenolic OH excluding ortho intramolecular Hbond substituents is 1. The highest BCUT2D eigenvalue weighted by Crippen LogP contribution is 2.14. The Balaban J connectivity index is 1.68. The fourth-order valence-corrected chi connectivity index (χ4v) is 2.62. The lowest BCUT2D eigenvalue weighted by Crippen LogP contribution is -2.46. The molecule has 0 unspecified atom stereocenters. The number of aromatic hydroxyl groups is 1. The zero-order valence-corrected chi connectivity index (χ0v) is 12.0. The second-order valence-corrected chi connectivity index (χ2v) is 5.40. The van der Waals surface area contributed by atoms with Crippen LogP contribution < -0.4 is 0 Å². The molecule has 1 aliphatic rings. The summed E-state index contributed by atoms with van der Waals surface area (Å²) < 4.78 is 0. The molecular formula is C16H23N3O. The Kier molecular flexibility index (Phi) is 5.85. The molecule has 0 atom stereocenters. The predicted molar refractivity (Wildman–Crippen MR) is 79.3 cm³/mol. The molecule has 4 heteroatoms. The van der Waals surface area contributed by atoms with Gasteiger partial charge in [-0.2, -0.15) is 5.26 Å². The van der Waals surface area contributed by atoms with E-state index in [9.17, 15) is 5.11 Å². The van der Waals surface area contributed by atoms with E-state index < -0.39 is 0 Å². The van der Waals surface area contributed by atoms with Crippen LogP contribution in [0.4, 0.5) is 0 Å². The lowest BCUT2D eigenvalue weighted by atomic mass is 10.2. The minimum atomic E-state index is 0.346. The van der Waals surface area contributed by atoms with Crippen LogP contribution >= 0.6 is 0 Å². The van der Waals surface area contributed by atoms with Crippen molar-refractivity contribution in [2.45, 2.75) is 25.8 Å². The van der Waals surface area contributed by atoms with Crippen molar-refractivity contribution in [2.75, 3.05) is 32.7 Å². The van der Waals surface area contributed by atoms with Crippen molar-refractivity contribution in [1.29, 1.82) is 5.26 Å². The number of nitrogens with zero attached hydrogens (tertiary/aromatic N) is 3. The number of rotatable bonds is 6. The largest absolute Gasteiger partial charge is 0.508 e. The third-order valence-corrected chi connectivity index (χ3v) is 3.79. The van der Waals surface area contributed by atoms with Crippen LogP contribution in [0, 0.1) is 11.3 Å². The van der Waals surface area contributed by atoms with Crippen LogP contribution in [0.25, 0.3) is 0 Å². The summed E-state index contributed by atoms with van der Waals surface area (Å²) in [6, 6.07) is 9.71. The van der Waals surface area contributed by atoms with Crippen LogP contribution in [0.2, 0.25) is 0 Å². The molecule has 0 amide bonds. The van der Waals surface area contributed by atoms with E-state index in [0.29, 0.717) is 12.2 Å². The lowest BCUT2D eigenvalue weighted by Gasteiger charge is -2.34. The van der Waals surface area contributed by atoms with Gasteiger partial charge in [-0.05, 0) is 37.1 Å². The van der Waals surface area contributed by atoms with Crippen LogP contribution in [-0.2, 0) is 6.54 Å². The van der Waals surface area contributed by atoms with Crippen molar-refractivity contribution in [2.24, 2.45) is 0 Å². The van der Waals surface area contributed by atoms with Gasteiger partial charge in [0, 0.05) is 39.1 Å². The van der Waals surface area contributed by atoms with E-state index in [-0.39, 0.29) is 0 Å². The van der Waals surface area contributed by atoms with Crippen LogP contribution in [0.3, 0.4) is 0 Å². The van der Waals surface area contributed by atoms with Crippen molar-refractivity contribution in [3.8, 4) is 11.8 Å². The van der Waals surface area contributed by atoms with Gasteiger partial charge in [0.25, 0.3) is 0 Å². The molecule has 1 saturated heterocycles. The molecule has 20 heavy (non-hydrogen) atoms. The molecule has 2 rings (SSSR count). The zero-order valence-electron chi connectivity index (χ0n) is 12.0. The van der Waals surface area contributed by atoms with Gasteiger partial charge >= 0.3 is 0 Å². The average Bonchev–Trinajstić information content (AvgIpc) is 2.45. The van der Waals surface area contributed by atoms with E-state index >= 15 is 0 Å². The van der Waals surface area contributed by atoms with Gasteiger partial charge in [-0.25, -0.2) is 0 Å². The Labute approximate surface area is 121 Å². The van der Waals surface area contributed by atoms with E-state index in [1.807, 2.05) is 12.1 Å². The molecule has 108 valence electrons. The first kappa shape index (κ1) is 14.8. The number of piperazine rings is 1. The van der Waals surface area contributed by atoms with E-state index in [0.717, 1.165) is 52.1 Å². The normalized spacial score (nSPS) is 16.9. The molecule has 1 aliphatic heterocycles. The molecule has 1 heterocycles. The second kappa shape index (κ2) is 7.88. The van der Waals surface area contributed by atoms with Gasteiger partial charge in [-0.1, -0.05) is 12.1 Å². The number of hydrogen-bond donors (Lipinski definition) is 1. The third-order valence-electron chi connectivity index (χ3n) is 3.79. The van der Waals surface area contributed by atoms with Crippen molar-refractivity contribution in [3.05, 3.63) is 29.8 Å². The van der Waals surface area contributed by atoms with Gasteiger partial charge in [-0.15, -0.1) is 0 Å². The highest BCUT2D eigenvalue weighted by Gasteiger charge is 2.16. The van der Waals surface area contributed by atoms with Gasteiger partial charge < -0.3 is 10.0 Å². The van der Waals surface area contributed by atoms with E-state index in [2.05, 4.69) is 21.9 Å². The highest BCUT2D eigenvalue weighted by atomic mass is 16.3. The first-order valence-corrected chi connectivity index (χ1v) is 7.37. The molecule has 4 nitrogen and oxygen atoms in total. The predicted octanol–water partition coefficient (Wildman–Crippen LogP) is 2.20. The van der Waals surface area contributed by atoms with Crippen LogP contribution in [-0.4, -0.2) is 47.6 Å². The molecule has 0 aromatic heterocycles. The average molecular weight is 273 g/mol. The minimum Gasteiger partial charge on any atom is -0.508 e. The summed E-state index contributed by atoms with van der Waals surface area (Å²) in [4.78, 5) is 4.91. The molecule has 1 aromatic carbocycles. The maximum atomic E-state index is 9.48. The van der Waals surface area contributed by atoms with Gasteiger partial charge in [0.2, 0.25) is 0 Å². The van der Waals surface area contributed by atoms with Gasteiger partial charge in [0.1, 0.15) is 5.75 Å². The Morgan fingerprint density at radius 2 is 1.85 bits per heavy atom. The molecular weight excluding hydrogens is 250 g/mol. The smallest absolute Gasteiger partial charge is 0.115 e. The Morgan fingerprint density at radius 1 is 1.10 bits per heavy atom. The molecule has 0 aliphatic carbocycles. The van der Waals surface area contributed by atoms with Crippen molar-refractivity contribution in [3.63, 3.8) is 0 Å². The van der Waals surface area contributed by atoms with Gasteiger partial charge in [0.05, 0.1) is 6.07 Å². The van der Waals surface area contributed by atoms with Crippen molar-refractivity contribution in [1.82, 2.24) is 9.80 Å². The molecule has 0 spiro atoms. The highest BCUT2D eigenvalue weighted by molar-refractivity contribution is 5.27. The summed E-state index contributed by atoms with van der Waals surface area (Å²) >= 11 is 0. The summed E-state index contributed by atoms with van der Waals surface area (Å²) in [7, 11) is 0.